The van der Waals surface area contributed by atoms with Crippen molar-refractivity contribution in [1.82, 2.24) is 25.2 Å². The van der Waals surface area contributed by atoms with Crippen LogP contribution in [0.3, 0.4) is 0 Å². The Morgan fingerprint density at radius 2 is 1.97 bits per heavy atom. The van der Waals surface area contributed by atoms with E-state index < -0.39 is 0 Å². The first kappa shape index (κ1) is 21.5. The van der Waals surface area contributed by atoms with Crippen molar-refractivity contribution in [3.63, 3.8) is 0 Å². The van der Waals surface area contributed by atoms with Gasteiger partial charge >= 0.3 is 0 Å². The summed E-state index contributed by atoms with van der Waals surface area (Å²) < 4.78 is 5.85. The van der Waals surface area contributed by atoms with Crippen molar-refractivity contribution in [1.29, 1.82) is 0 Å². The summed E-state index contributed by atoms with van der Waals surface area (Å²) >= 11 is 0. The maximum atomic E-state index is 12.2. The molecule has 0 radical (unpaired) electrons. The number of aromatic nitrogens is 3. The van der Waals surface area contributed by atoms with E-state index in [1.165, 1.54) is 0 Å². The highest BCUT2D eigenvalue weighted by Gasteiger charge is 2.38. The molecule has 0 saturated carbocycles. The number of pyridine rings is 3. The summed E-state index contributed by atoms with van der Waals surface area (Å²) in [4.78, 5) is 40.7. The number of hydrogen-bond donors (Lipinski definition) is 2. The molecule has 33 heavy (non-hydrogen) atoms. The van der Waals surface area contributed by atoms with Gasteiger partial charge in [-0.3, -0.25) is 19.5 Å². The van der Waals surface area contributed by atoms with Crippen LogP contribution in [0.4, 0.5) is 5.69 Å². The number of H-pyrrole nitrogens is 1. The Balaban J connectivity index is 1.33. The van der Waals surface area contributed by atoms with Gasteiger partial charge in [0.05, 0.1) is 48.2 Å². The molecule has 5 heterocycles. The minimum absolute atomic E-state index is 0.0414. The molecule has 2 aliphatic heterocycles. The summed E-state index contributed by atoms with van der Waals surface area (Å²) in [5.74, 6) is -0.189. The number of morpholine rings is 1. The molecule has 2 fully saturated rings. The first-order chi connectivity index (χ1) is 16.1. The Labute approximate surface area is 191 Å². The Morgan fingerprint density at radius 1 is 1.18 bits per heavy atom. The first-order valence-corrected chi connectivity index (χ1v) is 11.3. The molecule has 9 nitrogen and oxygen atoms in total. The van der Waals surface area contributed by atoms with E-state index in [9.17, 15) is 9.59 Å². The van der Waals surface area contributed by atoms with Crippen LogP contribution in [-0.4, -0.2) is 71.2 Å². The number of nitrogens with zero attached hydrogens (tertiary/aromatic N) is 4. The number of carbonyl (C=O) groups excluding carboxylic acids is 1. The standard InChI is InChI=1S/C24H28N6O3/c1-3-16-7-21-22(28-23(16)31)6-15(8-26-21)10-29-11-18-13-33-14-19(12-29)30(18)17-4-5-20(27-9-17)24(32)25-2/h4-9,18-19H,3,10-14H2,1-2H3,(H,25,32)(H,28,31). The fourth-order valence-electron chi connectivity index (χ4n) is 4.88. The number of anilines is 1. The van der Waals surface area contributed by atoms with Gasteiger partial charge in [0.1, 0.15) is 5.69 Å². The van der Waals surface area contributed by atoms with Gasteiger partial charge in [0.2, 0.25) is 0 Å². The molecule has 2 saturated heterocycles. The molecular formula is C24H28N6O3. The van der Waals surface area contributed by atoms with Crippen LogP contribution in [0.15, 0.2) is 41.5 Å². The van der Waals surface area contributed by atoms with E-state index in [4.69, 9.17) is 4.74 Å². The lowest BCUT2D eigenvalue weighted by atomic mass is 10.0. The number of aromatic amines is 1. The maximum absolute atomic E-state index is 12.2. The quantitative estimate of drug-likeness (QED) is 0.607. The average Bonchev–Trinajstić information content (AvgIpc) is 2.82. The van der Waals surface area contributed by atoms with Crippen molar-refractivity contribution in [2.75, 3.05) is 38.3 Å². The van der Waals surface area contributed by atoms with Crippen molar-refractivity contribution < 1.29 is 9.53 Å². The smallest absolute Gasteiger partial charge is 0.269 e. The van der Waals surface area contributed by atoms with Crippen LogP contribution in [0, 0.1) is 0 Å². The lowest BCUT2D eigenvalue weighted by Gasteiger charge is -2.51. The number of ether oxygens (including phenoxy) is 1. The van der Waals surface area contributed by atoms with Crippen LogP contribution < -0.4 is 15.8 Å². The van der Waals surface area contributed by atoms with Gasteiger partial charge in [-0.05, 0) is 36.2 Å². The van der Waals surface area contributed by atoms with Gasteiger partial charge in [0, 0.05) is 38.4 Å². The van der Waals surface area contributed by atoms with Gasteiger partial charge < -0.3 is 19.9 Å². The summed E-state index contributed by atoms with van der Waals surface area (Å²) in [5.41, 5.74) is 4.81. The van der Waals surface area contributed by atoms with Crippen LogP contribution in [0.5, 0.6) is 0 Å². The minimum atomic E-state index is -0.189. The molecule has 5 rings (SSSR count). The molecular weight excluding hydrogens is 420 g/mol. The van der Waals surface area contributed by atoms with Crippen LogP contribution >= 0.6 is 0 Å². The molecule has 2 atom stereocenters. The molecule has 1 amide bonds. The Kier molecular flexibility index (Phi) is 5.82. The van der Waals surface area contributed by atoms with E-state index in [-0.39, 0.29) is 23.6 Å². The Bertz CT molecular complexity index is 1210. The monoisotopic (exact) mass is 448 g/mol. The third kappa shape index (κ3) is 4.21. The third-order valence-electron chi connectivity index (χ3n) is 6.46. The van der Waals surface area contributed by atoms with Crippen molar-refractivity contribution in [3.8, 4) is 0 Å². The highest BCUT2D eigenvalue weighted by atomic mass is 16.5. The number of hydrogen-bond acceptors (Lipinski definition) is 7. The fraction of sp³-hybridized carbons (Fsp3) is 0.417. The van der Waals surface area contributed by atoms with Crippen LogP contribution in [0.25, 0.3) is 11.0 Å². The topological polar surface area (TPSA) is 103 Å². The first-order valence-electron chi connectivity index (χ1n) is 11.3. The largest absolute Gasteiger partial charge is 0.377 e. The number of fused-ring (bicyclic) bond motifs is 3. The molecule has 2 N–H and O–H groups in total. The summed E-state index contributed by atoms with van der Waals surface area (Å²) in [6.07, 6.45) is 4.37. The van der Waals surface area contributed by atoms with Crippen LogP contribution in [-0.2, 0) is 17.7 Å². The van der Waals surface area contributed by atoms with Crippen molar-refractivity contribution in [2.45, 2.75) is 32.0 Å². The molecule has 3 aromatic rings. The summed E-state index contributed by atoms with van der Waals surface area (Å²) in [7, 11) is 1.60. The number of carbonyl (C=O) groups is 1. The lowest BCUT2D eigenvalue weighted by molar-refractivity contribution is 0.0135. The predicted molar refractivity (Wildman–Crippen MR) is 126 cm³/mol. The minimum Gasteiger partial charge on any atom is -0.377 e. The van der Waals surface area contributed by atoms with Gasteiger partial charge in [-0.15, -0.1) is 0 Å². The molecule has 9 heteroatoms. The summed E-state index contributed by atoms with van der Waals surface area (Å²) in [6, 6.07) is 8.04. The number of piperazine rings is 1. The van der Waals surface area contributed by atoms with E-state index in [1.807, 2.05) is 31.3 Å². The molecule has 0 aliphatic carbocycles. The Hall–Kier alpha value is -3.30. The second kappa shape index (κ2) is 8.92. The number of rotatable bonds is 5. The van der Waals surface area contributed by atoms with Gasteiger partial charge in [-0.1, -0.05) is 6.92 Å². The third-order valence-corrected chi connectivity index (χ3v) is 6.46. The lowest BCUT2D eigenvalue weighted by Crippen LogP contribution is -2.64. The summed E-state index contributed by atoms with van der Waals surface area (Å²) in [5, 5.41) is 2.60. The number of aryl methyl sites for hydroxylation is 1. The second-order valence-electron chi connectivity index (χ2n) is 8.68. The van der Waals surface area contributed by atoms with E-state index >= 15 is 0 Å². The van der Waals surface area contributed by atoms with Gasteiger partial charge in [-0.2, -0.15) is 0 Å². The average molecular weight is 449 g/mol. The van der Waals surface area contributed by atoms with Crippen molar-refractivity contribution in [2.24, 2.45) is 0 Å². The van der Waals surface area contributed by atoms with Gasteiger partial charge in [-0.25, -0.2) is 4.98 Å². The molecule has 0 spiro atoms. The highest BCUT2D eigenvalue weighted by molar-refractivity contribution is 5.92. The SMILES string of the molecule is CCc1cc2ncc(CN3CC4COCC(C3)N4c3ccc(C(=O)NC)nc3)cc2[nH]c1=O. The zero-order chi connectivity index (χ0) is 22.9. The maximum Gasteiger partial charge on any atom is 0.269 e. The zero-order valence-electron chi connectivity index (χ0n) is 18.9. The zero-order valence-corrected chi connectivity index (χ0v) is 18.9. The van der Waals surface area contributed by atoms with E-state index in [0.29, 0.717) is 25.3 Å². The fourth-order valence-corrected chi connectivity index (χ4v) is 4.88. The van der Waals surface area contributed by atoms with Crippen molar-refractivity contribution in [3.05, 3.63) is 63.8 Å². The van der Waals surface area contributed by atoms with Gasteiger partial charge in [0.15, 0.2) is 0 Å². The normalized spacial score (nSPS) is 20.7. The number of amides is 1. The highest BCUT2D eigenvalue weighted by Crippen LogP contribution is 2.28. The predicted octanol–water partition coefficient (Wildman–Crippen LogP) is 1.33. The Morgan fingerprint density at radius 3 is 2.64 bits per heavy atom. The second-order valence-corrected chi connectivity index (χ2v) is 8.68. The number of nitrogens with one attached hydrogen (secondary N) is 2. The van der Waals surface area contributed by atoms with E-state index in [1.54, 1.807) is 19.3 Å². The van der Waals surface area contributed by atoms with Crippen LogP contribution in [0.1, 0.15) is 28.5 Å². The molecule has 172 valence electrons. The summed E-state index contributed by atoms with van der Waals surface area (Å²) in [6.45, 7) is 5.71. The van der Waals surface area contributed by atoms with Gasteiger partial charge in [0.25, 0.3) is 11.5 Å². The molecule has 2 bridgehead atoms. The molecule has 0 aromatic carbocycles. The van der Waals surface area contributed by atoms with Crippen LogP contribution in [0.2, 0.25) is 0 Å². The molecule has 3 aromatic heterocycles. The molecule has 2 unspecified atom stereocenters. The van der Waals surface area contributed by atoms with E-state index in [2.05, 4.69) is 30.1 Å². The molecule has 2 aliphatic rings. The van der Waals surface area contributed by atoms with E-state index in [0.717, 1.165) is 47.5 Å². The van der Waals surface area contributed by atoms with Crippen molar-refractivity contribution >= 4 is 22.6 Å².